The normalized spacial score (nSPS) is 24.3. The van der Waals surface area contributed by atoms with E-state index in [1.54, 1.807) is 5.01 Å². The van der Waals surface area contributed by atoms with Crippen LogP contribution in [0.1, 0.15) is 19.8 Å². The first-order chi connectivity index (χ1) is 6.33. The van der Waals surface area contributed by atoms with Crippen LogP contribution in [-0.4, -0.2) is 41.6 Å². The van der Waals surface area contributed by atoms with Crippen molar-refractivity contribution in [1.29, 1.82) is 0 Å². The van der Waals surface area contributed by atoms with Gasteiger partial charge in [-0.1, -0.05) is 6.92 Å². The minimum atomic E-state index is -0.434. The van der Waals surface area contributed by atoms with Crippen LogP contribution in [0.3, 0.4) is 0 Å². The Bertz CT molecular complexity index is 196. The minimum Gasteiger partial charge on any atom is -0.396 e. The lowest BCUT2D eigenvalue weighted by Gasteiger charge is -2.27. The van der Waals surface area contributed by atoms with Crippen molar-refractivity contribution in [3.05, 3.63) is 0 Å². The zero-order chi connectivity index (χ0) is 9.68. The van der Waals surface area contributed by atoms with Gasteiger partial charge in [-0.2, -0.15) is 5.01 Å². The van der Waals surface area contributed by atoms with Gasteiger partial charge >= 0.3 is 0 Å². The molecule has 0 radical (unpaired) electrons. The number of nitrogens with zero attached hydrogens (tertiary/aromatic N) is 2. The van der Waals surface area contributed by atoms with Crippen LogP contribution >= 0.6 is 0 Å². The Morgan fingerprint density at radius 3 is 3.15 bits per heavy atom. The predicted octanol–water partition coefficient (Wildman–Crippen LogP) is -0.479. The lowest BCUT2D eigenvalue weighted by atomic mass is 10.1. The molecule has 1 heterocycles. The molecule has 0 saturated heterocycles. The minimum absolute atomic E-state index is 0.127. The van der Waals surface area contributed by atoms with E-state index in [-0.39, 0.29) is 12.6 Å². The largest absolute Gasteiger partial charge is 0.396 e. The summed E-state index contributed by atoms with van der Waals surface area (Å²) in [5.74, 6) is 0. The number of aliphatic imine (C=N–C) groups is 1. The molecule has 13 heavy (non-hydrogen) atoms. The second kappa shape index (κ2) is 4.94. The van der Waals surface area contributed by atoms with Gasteiger partial charge in [0, 0.05) is 12.6 Å². The third-order valence-electron chi connectivity index (χ3n) is 2.17. The fourth-order valence-corrected chi connectivity index (χ4v) is 1.44. The molecular formula is C8H15N3O2. The zero-order valence-electron chi connectivity index (χ0n) is 7.68. The molecular weight excluding hydrogens is 170 g/mol. The van der Waals surface area contributed by atoms with E-state index in [2.05, 4.69) is 10.4 Å². The van der Waals surface area contributed by atoms with Crippen LogP contribution in [0.15, 0.2) is 4.99 Å². The van der Waals surface area contributed by atoms with Gasteiger partial charge in [-0.15, -0.1) is 0 Å². The summed E-state index contributed by atoms with van der Waals surface area (Å²) in [7, 11) is 0. The van der Waals surface area contributed by atoms with Gasteiger partial charge in [0.05, 0.1) is 6.34 Å². The Balaban J connectivity index is 2.53. The highest BCUT2D eigenvalue weighted by atomic mass is 16.3. The van der Waals surface area contributed by atoms with E-state index in [1.807, 2.05) is 6.92 Å². The number of aliphatic hydroxyl groups excluding tert-OH is 1. The Hall–Kier alpha value is -0.940. The van der Waals surface area contributed by atoms with Crippen LogP contribution in [0.5, 0.6) is 0 Å². The molecule has 5 heteroatoms. The van der Waals surface area contributed by atoms with E-state index in [0.29, 0.717) is 6.42 Å². The quantitative estimate of drug-likeness (QED) is 0.568. The highest BCUT2D eigenvalue weighted by molar-refractivity contribution is 5.66. The highest BCUT2D eigenvalue weighted by Gasteiger charge is 2.26. The predicted molar refractivity (Wildman–Crippen MR) is 49.1 cm³/mol. The Morgan fingerprint density at radius 1 is 1.85 bits per heavy atom. The zero-order valence-corrected chi connectivity index (χ0v) is 7.68. The molecule has 0 bridgehead atoms. The summed E-state index contributed by atoms with van der Waals surface area (Å²) in [6, 6.07) is 0.155. The number of hydrazine groups is 1. The molecule has 2 N–H and O–H groups in total. The summed E-state index contributed by atoms with van der Waals surface area (Å²) < 4.78 is 0. The number of rotatable bonds is 5. The number of aliphatic hydroxyl groups is 1. The van der Waals surface area contributed by atoms with Crippen molar-refractivity contribution in [2.24, 2.45) is 4.99 Å². The van der Waals surface area contributed by atoms with Crippen molar-refractivity contribution < 1.29 is 9.90 Å². The van der Waals surface area contributed by atoms with E-state index in [1.165, 1.54) is 6.34 Å². The van der Waals surface area contributed by atoms with Gasteiger partial charge < -0.3 is 10.5 Å². The van der Waals surface area contributed by atoms with Crippen LogP contribution in [0.4, 0.5) is 0 Å². The van der Waals surface area contributed by atoms with E-state index in [4.69, 9.17) is 5.11 Å². The number of nitrogens with one attached hydrogen (secondary N) is 1. The van der Waals surface area contributed by atoms with Crippen molar-refractivity contribution in [3.63, 3.8) is 0 Å². The molecule has 0 fully saturated rings. The highest BCUT2D eigenvalue weighted by Crippen LogP contribution is 2.11. The van der Waals surface area contributed by atoms with Crippen LogP contribution in [0, 0.1) is 0 Å². The maximum absolute atomic E-state index is 10.6. The third kappa shape index (κ3) is 2.26. The molecule has 0 aromatic rings. The molecule has 74 valence electrons. The van der Waals surface area contributed by atoms with Gasteiger partial charge in [0.15, 0.2) is 12.5 Å². The summed E-state index contributed by atoms with van der Waals surface area (Å²) in [6.07, 6.45) is 3.39. The lowest BCUT2D eigenvalue weighted by molar-refractivity contribution is -0.113. The summed E-state index contributed by atoms with van der Waals surface area (Å²) in [5.41, 5.74) is 2.89. The third-order valence-corrected chi connectivity index (χ3v) is 2.17. The van der Waals surface area contributed by atoms with Crippen molar-refractivity contribution in [3.8, 4) is 0 Å². The average molecular weight is 185 g/mol. The monoisotopic (exact) mass is 185 g/mol. The number of carbonyl (C=O) groups excluding carboxylic acids is 1. The van der Waals surface area contributed by atoms with Crippen molar-refractivity contribution in [2.75, 3.05) is 6.61 Å². The number of carbonyl (C=O) groups is 1. The molecule has 0 aromatic heterocycles. The average Bonchev–Trinajstić information content (AvgIpc) is 2.61. The molecule has 0 spiro atoms. The molecule has 1 rings (SSSR count). The van der Waals surface area contributed by atoms with Crippen LogP contribution in [-0.2, 0) is 4.79 Å². The molecule has 1 unspecified atom stereocenters. The summed E-state index contributed by atoms with van der Waals surface area (Å²) in [4.78, 5) is 14.5. The van der Waals surface area contributed by atoms with Crippen LogP contribution in [0.2, 0.25) is 0 Å². The van der Waals surface area contributed by atoms with E-state index in [0.717, 1.165) is 12.7 Å². The van der Waals surface area contributed by atoms with Crippen molar-refractivity contribution in [1.82, 2.24) is 10.4 Å². The Morgan fingerprint density at radius 2 is 2.62 bits per heavy atom. The van der Waals surface area contributed by atoms with Crippen molar-refractivity contribution >= 4 is 12.6 Å². The van der Waals surface area contributed by atoms with E-state index < -0.39 is 6.17 Å². The first-order valence-corrected chi connectivity index (χ1v) is 4.45. The van der Waals surface area contributed by atoms with E-state index in [9.17, 15) is 4.79 Å². The van der Waals surface area contributed by atoms with Gasteiger partial charge in [-0.3, -0.25) is 4.79 Å². The smallest absolute Gasteiger partial charge is 0.176 e. The molecule has 1 aliphatic rings. The number of hydrogen-bond acceptors (Lipinski definition) is 5. The fourth-order valence-electron chi connectivity index (χ4n) is 1.44. The van der Waals surface area contributed by atoms with Gasteiger partial charge in [0.25, 0.3) is 0 Å². The molecule has 2 atom stereocenters. The molecule has 0 aromatic carbocycles. The molecule has 0 amide bonds. The summed E-state index contributed by atoms with van der Waals surface area (Å²) >= 11 is 0. The lowest BCUT2D eigenvalue weighted by Crippen LogP contribution is -2.47. The van der Waals surface area contributed by atoms with Gasteiger partial charge in [0.2, 0.25) is 0 Å². The first-order valence-electron chi connectivity index (χ1n) is 4.45. The SMILES string of the molecule is CC[C@@H](CCO)N1NC=NC1C=O. The van der Waals surface area contributed by atoms with Crippen molar-refractivity contribution in [2.45, 2.75) is 32.0 Å². The van der Waals surface area contributed by atoms with Gasteiger partial charge in [0.1, 0.15) is 0 Å². The molecule has 1 aliphatic heterocycles. The first kappa shape index (κ1) is 10.1. The maximum Gasteiger partial charge on any atom is 0.176 e. The van der Waals surface area contributed by atoms with Gasteiger partial charge in [-0.25, -0.2) is 4.99 Å². The Kier molecular flexibility index (Phi) is 3.85. The van der Waals surface area contributed by atoms with Crippen LogP contribution in [0.25, 0.3) is 0 Å². The maximum atomic E-state index is 10.6. The summed E-state index contributed by atoms with van der Waals surface area (Å²) in [6.45, 7) is 2.14. The molecule has 0 saturated carbocycles. The van der Waals surface area contributed by atoms with E-state index >= 15 is 0 Å². The standard InChI is InChI=1S/C8H15N3O2/c1-2-7(3-4-12)11-8(5-13)9-6-10-11/h5-8,12H,2-4H2,1H3,(H,9,10)/t7-,8?/m0/s1. The number of aldehydes is 1. The number of hydrogen-bond donors (Lipinski definition) is 2. The van der Waals surface area contributed by atoms with Crippen LogP contribution < -0.4 is 5.43 Å². The summed E-state index contributed by atoms with van der Waals surface area (Å²) in [5, 5.41) is 10.6. The Labute approximate surface area is 77.4 Å². The molecule has 0 aliphatic carbocycles. The molecule has 5 nitrogen and oxygen atoms in total. The fraction of sp³-hybridized carbons (Fsp3) is 0.750. The van der Waals surface area contributed by atoms with Gasteiger partial charge in [-0.05, 0) is 12.8 Å². The second-order valence-electron chi connectivity index (χ2n) is 2.94. The topological polar surface area (TPSA) is 64.9 Å². The second-order valence-corrected chi connectivity index (χ2v) is 2.94.